The number of aliphatic hydroxyl groups excluding tert-OH is 1. The Morgan fingerprint density at radius 3 is 2.54 bits per heavy atom. The maximum absolute atomic E-state index is 14.0. The van der Waals surface area contributed by atoms with Crippen LogP contribution in [0.25, 0.3) is 11.2 Å². The standard InChI is InChI=1S/C27H34N7O6P/c1-17(19-12-8-5-9-13-19)40-41(36,31-14-18-10-6-4-7-11-18)38-15-20-22(35)27(2,29)25(39-20)34-16-30-21-23(34)32-26(28)33-24(21)37-3/h4-13,16-17,20,22,25,35H,14-15,29H2,1-3H3,(H,31,36)(H2,28,32,33)/t17-,20-,22-,25-,27?,41?/m1/s1. The first-order valence-corrected chi connectivity index (χ1v) is 14.6. The summed E-state index contributed by atoms with van der Waals surface area (Å²) >= 11 is 0. The summed E-state index contributed by atoms with van der Waals surface area (Å²) in [6.07, 6.45) is -2.18. The van der Waals surface area contributed by atoms with Crippen LogP contribution in [0, 0.1) is 0 Å². The van der Waals surface area contributed by atoms with Crippen LogP contribution in [0.4, 0.5) is 5.95 Å². The molecular formula is C27H34N7O6P. The Bertz CT molecular complexity index is 1520. The zero-order valence-electron chi connectivity index (χ0n) is 23.0. The first-order valence-electron chi connectivity index (χ1n) is 13.0. The molecule has 14 heteroatoms. The highest BCUT2D eigenvalue weighted by atomic mass is 31.2. The Morgan fingerprint density at radius 2 is 1.85 bits per heavy atom. The van der Waals surface area contributed by atoms with Gasteiger partial charge in [-0.05, 0) is 25.0 Å². The van der Waals surface area contributed by atoms with E-state index in [9.17, 15) is 9.67 Å². The fourth-order valence-corrected chi connectivity index (χ4v) is 6.20. The van der Waals surface area contributed by atoms with Gasteiger partial charge in [0, 0.05) is 6.54 Å². The molecule has 6 atom stereocenters. The summed E-state index contributed by atoms with van der Waals surface area (Å²) in [5, 5.41) is 14.1. The van der Waals surface area contributed by atoms with E-state index in [1.165, 1.54) is 13.4 Å². The molecule has 41 heavy (non-hydrogen) atoms. The van der Waals surface area contributed by atoms with Gasteiger partial charge in [0.15, 0.2) is 17.4 Å². The summed E-state index contributed by atoms with van der Waals surface area (Å²) in [4.78, 5) is 12.6. The summed E-state index contributed by atoms with van der Waals surface area (Å²) in [6.45, 7) is 3.37. The lowest BCUT2D eigenvalue weighted by Crippen LogP contribution is -2.52. The number of nitrogens with two attached hydrogens (primary N) is 2. The van der Waals surface area contributed by atoms with E-state index in [1.807, 2.05) is 60.7 Å². The summed E-state index contributed by atoms with van der Waals surface area (Å²) < 4.78 is 38.9. The molecule has 1 aliphatic rings. The van der Waals surface area contributed by atoms with E-state index < -0.39 is 37.8 Å². The Kier molecular flexibility index (Phi) is 8.39. The number of rotatable bonds is 11. The molecule has 6 N–H and O–H groups in total. The third kappa shape index (κ3) is 6.11. The molecule has 0 amide bonds. The number of anilines is 1. The number of ether oxygens (including phenoxy) is 2. The number of hydrogen-bond acceptors (Lipinski definition) is 11. The van der Waals surface area contributed by atoms with E-state index in [0.717, 1.165) is 11.1 Å². The number of hydrogen-bond donors (Lipinski definition) is 4. The minimum absolute atomic E-state index is 0.0247. The van der Waals surface area contributed by atoms with Gasteiger partial charge < -0.3 is 26.0 Å². The van der Waals surface area contributed by atoms with E-state index >= 15 is 0 Å². The highest BCUT2D eigenvalue weighted by Gasteiger charge is 2.52. The molecule has 4 aromatic rings. The average Bonchev–Trinajstić information content (AvgIpc) is 3.48. The summed E-state index contributed by atoms with van der Waals surface area (Å²) in [5.74, 6) is 0.168. The predicted octanol–water partition coefficient (Wildman–Crippen LogP) is 3.09. The topological polar surface area (TPSA) is 182 Å². The van der Waals surface area contributed by atoms with Crippen LogP contribution in [-0.4, -0.2) is 56.1 Å². The lowest BCUT2D eigenvalue weighted by Gasteiger charge is -2.28. The third-order valence-corrected chi connectivity index (χ3v) is 8.60. The normalized spacial score (nSPS) is 24.8. The van der Waals surface area contributed by atoms with E-state index in [2.05, 4.69) is 20.0 Å². The van der Waals surface area contributed by atoms with Crippen molar-refractivity contribution < 1.29 is 28.2 Å². The van der Waals surface area contributed by atoms with Crippen molar-refractivity contribution in [2.75, 3.05) is 19.5 Å². The van der Waals surface area contributed by atoms with Crippen LogP contribution in [0.15, 0.2) is 67.0 Å². The molecule has 5 rings (SSSR count). The fraction of sp³-hybridized carbons (Fsp3) is 0.370. The lowest BCUT2D eigenvalue weighted by molar-refractivity contribution is -0.0444. The molecule has 218 valence electrons. The van der Waals surface area contributed by atoms with Crippen LogP contribution in [0.3, 0.4) is 0 Å². The molecule has 0 bridgehead atoms. The number of fused-ring (bicyclic) bond motifs is 1. The van der Waals surface area contributed by atoms with Gasteiger partial charge >= 0.3 is 7.75 Å². The molecule has 2 aromatic carbocycles. The van der Waals surface area contributed by atoms with Crippen molar-refractivity contribution >= 4 is 24.9 Å². The fourth-order valence-electron chi connectivity index (χ4n) is 4.71. The first-order chi connectivity index (χ1) is 19.6. The zero-order chi connectivity index (χ0) is 29.2. The molecule has 0 saturated carbocycles. The molecule has 0 spiro atoms. The van der Waals surface area contributed by atoms with Gasteiger partial charge in [-0.25, -0.2) is 14.6 Å². The highest BCUT2D eigenvalue weighted by molar-refractivity contribution is 7.51. The smallest absolute Gasteiger partial charge is 0.406 e. The maximum Gasteiger partial charge on any atom is 0.406 e. The lowest BCUT2D eigenvalue weighted by atomic mass is 9.93. The number of aromatic nitrogens is 4. The first kappa shape index (κ1) is 29.1. The minimum atomic E-state index is -3.92. The van der Waals surface area contributed by atoms with Gasteiger partial charge in [-0.1, -0.05) is 60.7 Å². The molecular weight excluding hydrogens is 549 g/mol. The second-order valence-corrected chi connectivity index (χ2v) is 11.8. The summed E-state index contributed by atoms with van der Waals surface area (Å²) in [7, 11) is -2.47. The van der Waals surface area contributed by atoms with Crippen LogP contribution >= 0.6 is 7.75 Å². The Balaban J connectivity index is 1.36. The van der Waals surface area contributed by atoms with E-state index in [-0.39, 0.29) is 25.0 Å². The van der Waals surface area contributed by atoms with E-state index in [4.69, 9.17) is 30.0 Å². The van der Waals surface area contributed by atoms with Gasteiger partial charge in [0.05, 0.1) is 31.7 Å². The quantitative estimate of drug-likeness (QED) is 0.190. The third-order valence-electron chi connectivity index (χ3n) is 6.97. The number of nitrogen functional groups attached to an aromatic ring is 1. The number of methoxy groups -OCH3 is 1. The minimum Gasteiger partial charge on any atom is -0.479 e. The zero-order valence-corrected chi connectivity index (χ0v) is 23.8. The van der Waals surface area contributed by atoms with Gasteiger partial charge in [-0.2, -0.15) is 9.97 Å². The average molecular weight is 584 g/mol. The van der Waals surface area contributed by atoms with Gasteiger partial charge in [0.2, 0.25) is 11.8 Å². The van der Waals surface area contributed by atoms with Crippen molar-refractivity contribution in [1.82, 2.24) is 24.6 Å². The van der Waals surface area contributed by atoms with Gasteiger partial charge in [0.1, 0.15) is 12.2 Å². The number of imidazole rings is 1. The Labute approximate surface area is 237 Å². The van der Waals surface area contributed by atoms with Gasteiger partial charge in [0.25, 0.3) is 0 Å². The van der Waals surface area contributed by atoms with Crippen LogP contribution < -0.4 is 21.3 Å². The van der Waals surface area contributed by atoms with Crippen LogP contribution in [-0.2, 0) is 24.9 Å². The molecule has 2 aromatic heterocycles. The monoisotopic (exact) mass is 583 g/mol. The van der Waals surface area contributed by atoms with Crippen LogP contribution in [0.5, 0.6) is 5.88 Å². The van der Waals surface area contributed by atoms with Crippen LogP contribution in [0.1, 0.15) is 37.3 Å². The second kappa shape index (κ2) is 11.8. The Hall–Kier alpha value is -3.42. The van der Waals surface area contributed by atoms with Gasteiger partial charge in [-0.3, -0.25) is 13.6 Å². The van der Waals surface area contributed by atoms with Gasteiger partial charge in [-0.15, -0.1) is 0 Å². The molecule has 2 unspecified atom stereocenters. The predicted molar refractivity (Wildman–Crippen MR) is 152 cm³/mol. The number of nitrogens with one attached hydrogen (secondary N) is 1. The second-order valence-electron chi connectivity index (χ2n) is 10.0. The molecule has 1 fully saturated rings. The van der Waals surface area contributed by atoms with Crippen molar-refractivity contribution in [1.29, 1.82) is 0 Å². The molecule has 3 heterocycles. The molecule has 0 aliphatic carbocycles. The highest BCUT2D eigenvalue weighted by Crippen LogP contribution is 2.50. The number of nitrogens with zero attached hydrogens (tertiary/aromatic N) is 4. The molecule has 13 nitrogen and oxygen atoms in total. The van der Waals surface area contributed by atoms with Crippen molar-refractivity contribution in [3.8, 4) is 5.88 Å². The van der Waals surface area contributed by atoms with Crippen LogP contribution in [0.2, 0.25) is 0 Å². The van der Waals surface area contributed by atoms with E-state index in [1.54, 1.807) is 18.4 Å². The molecule has 1 saturated heterocycles. The summed E-state index contributed by atoms with van der Waals surface area (Å²) in [5.41, 5.74) is 13.5. The van der Waals surface area contributed by atoms with Crippen molar-refractivity contribution in [2.45, 2.75) is 50.5 Å². The van der Waals surface area contributed by atoms with Crippen molar-refractivity contribution in [3.05, 3.63) is 78.1 Å². The maximum atomic E-state index is 14.0. The van der Waals surface area contributed by atoms with Crippen molar-refractivity contribution in [2.24, 2.45) is 5.73 Å². The molecule has 1 aliphatic heterocycles. The van der Waals surface area contributed by atoms with E-state index in [0.29, 0.717) is 11.2 Å². The SMILES string of the molecule is COc1nc(N)nc2c1ncn2[C@@H]1O[C@H](COP(=O)(NCc2ccccc2)O[C@H](C)c2ccccc2)[C@@H](O)C1(C)N. The molecule has 0 radical (unpaired) electrons. The summed E-state index contributed by atoms with van der Waals surface area (Å²) in [6, 6.07) is 18.8. The largest absolute Gasteiger partial charge is 0.479 e. The number of benzene rings is 2. The van der Waals surface area contributed by atoms with Crippen molar-refractivity contribution in [3.63, 3.8) is 0 Å². The number of aliphatic hydroxyl groups is 1. The Morgan fingerprint density at radius 1 is 1.17 bits per heavy atom.